The van der Waals surface area contributed by atoms with Crippen LogP contribution in [0.25, 0.3) is 0 Å². The van der Waals surface area contributed by atoms with Gasteiger partial charge >= 0.3 is 17.1 Å². The number of hydrogen-bond donors (Lipinski definition) is 1. The maximum absolute atomic E-state index is 5.88. The van der Waals surface area contributed by atoms with Gasteiger partial charge in [-0.2, -0.15) is 0 Å². The molecule has 2 aliphatic rings. The van der Waals surface area contributed by atoms with Gasteiger partial charge in [-0.15, -0.1) is 0 Å². The van der Waals surface area contributed by atoms with Crippen molar-refractivity contribution >= 4 is 0 Å². The standard InChI is InChI=1S/C9H14N.C5H5.Fe/c1-7(2)9(10)8-5-3-4-6-8;1-2-4-5-3-1;/h3-7,9H,10H2,1-2H3;1-5H;/q;;+2/t9-;;/m0../s1. The Bertz CT molecular complexity index is 141. The molecule has 2 fully saturated rings. The Morgan fingerprint density at radius 1 is 0.812 bits per heavy atom. The van der Waals surface area contributed by atoms with Crippen molar-refractivity contribution in [3.8, 4) is 0 Å². The Hall–Kier alpha value is 0.479. The molecule has 16 heavy (non-hydrogen) atoms. The molecule has 0 aromatic rings. The average Bonchev–Trinajstić information content (AvgIpc) is 2.92. The van der Waals surface area contributed by atoms with E-state index in [4.69, 9.17) is 5.73 Å². The first-order chi connectivity index (χ1) is 7.22. The minimum absolute atomic E-state index is 0. The summed E-state index contributed by atoms with van der Waals surface area (Å²) in [7, 11) is 0. The first-order valence-electron chi connectivity index (χ1n) is 5.35. The molecule has 0 aromatic carbocycles. The second-order valence-corrected chi connectivity index (χ2v) is 3.95. The molecule has 0 amide bonds. The van der Waals surface area contributed by atoms with Crippen LogP contribution in [0.3, 0.4) is 0 Å². The molecule has 86 valence electrons. The van der Waals surface area contributed by atoms with Gasteiger partial charge in [0.2, 0.25) is 0 Å². The molecular formula is C14H19FeN+2. The quantitative estimate of drug-likeness (QED) is 0.755. The average molecular weight is 257 g/mol. The molecule has 1 nitrogen and oxygen atoms in total. The fourth-order valence-electron chi connectivity index (χ4n) is 1.32. The third-order valence-corrected chi connectivity index (χ3v) is 2.35. The van der Waals surface area contributed by atoms with Crippen LogP contribution >= 0.6 is 0 Å². The summed E-state index contributed by atoms with van der Waals surface area (Å²) >= 11 is 0. The molecule has 2 heteroatoms. The van der Waals surface area contributed by atoms with Crippen LogP contribution < -0.4 is 5.73 Å². The molecule has 2 N–H and O–H groups in total. The van der Waals surface area contributed by atoms with Gasteiger partial charge in [-0.05, 0) is 63.7 Å². The molecule has 0 saturated heterocycles. The van der Waals surface area contributed by atoms with Gasteiger partial charge < -0.3 is 5.73 Å². The molecule has 2 aliphatic carbocycles. The maximum atomic E-state index is 5.88. The number of hydrogen-bond acceptors (Lipinski definition) is 1. The predicted octanol–water partition coefficient (Wildman–Crippen LogP) is 2.39. The van der Waals surface area contributed by atoms with Crippen LogP contribution in [0.5, 0.6) is 0 Å². The summed E-state index contributed by atoms with van der Waals surface area (Å²) in [6.45, 7) is 4.27. The Kier molecular flexibility index (Phi) is 9.79. The Morgan fingerprint density at radius 2 is 1.19 bits per heavy atom. The van der Waals surface area contributed by atoms with Gasteiger partial charge in [0.25, 0.3) is 0 Å². The van der Waals surface area contributed by atoms with E-state index in [9.17, 15) is 0 Å². The van der Waals surface area contributed by atoms with Crippen LogP contribution in [-0.4, -0.2) is 6.04 Å². The van der Waals surface area contributed by atoms with Crippen molar-refractivity contribution in [2.45, 2.75) is 19.9 Å². The van der Waals surface area contributed by atoms with E-state index < -0.39 is 0 Å². The molecule has 0 unspecified atom stereocenters. The van der Waals surface area contributed by atoms with E-state index >= 15 is 0 Å². The Labute approximate surface area is 112 Å². The van der Waals surface area contributed by atoms with Crippen molar-refractivity contribution in [3.63, 3.8) is 0 Å². The van der Waals surface area contributed by atoms with Gasteiger partial charge in [-0.3, -0.25) is 0 Å². The van der Waals surface area contributed by atoms with E-state index in [1.807, 2.05) is 44.9 Å². The topological polar surface area (TPSA) is 26.0 Å². The minimum atomic E-state index is 0. The molecule has 2 rings (SSSR count). The van der Waals surface area contributed by atoms with Crippen LogP contribution in [0.4, 0.5) is 0 Å². The van der Waals surface area contributed by atoms with E-state index in [2.05, 4.69) is 26.7 Å². The zero-order chi connectivity index (χ0) is 11.1. The van der Waals surface area contributed by atoms with Crippen molar-refractivity contribution in [1.29, 1.82) is 0 Å². The molecule has 0 bridgehead atoms. The summed E-state index contributed by atoms with van der Waals surface area (Å²) in [6.07, 6.45) is 18.2. The fraction of sp³-hybridized carbons (Fsp3) is 0.286. The molecule has 0 aromatic heterocycles. The zero-order valence-corrected chi connectivity index (χ0v) is 10.9. The van der Waals surface area contributed by atoms with Gasteiger partial charge in [0, 0.05) is 12.0 Å². The van der Waals surface area contributed by atoms with Gasteiger partial charge in [0.05, 0.1) is 0 Å². The second-order valence-electron chi connectivity index (χ2n) is 3.95. The first kappa shape index (κ1) is 16.5. The molecule has 10 radical (unpaired) electrons. The summed E-state index contributed by atoms with van der Waals surface area (Å²) < 4.78 is 0. The minimum Gasteiger partial charge on any atom is -0.327 e. The van der Waals surface area contributed by atoms with E-state index in [0.29, 0.717) is 5.92 Å². The van der Waals surface area contributed by atoms with Crippen LogP contribution in [0.15, 0.2) is 0 Å². The van der Waals surface area contributed by atoms with Crippen LogP contribution in [-0.2, 0) is 17.1 Å². The van der Waals surface area contributed by atoms with Gasteiger partial charge in [0.15, 0.2) is 0 Å². The molecule has 2 saturated carbocycles. The van der Waals surface area contributed by atoms with Crippen molar-refractivity contribution in [2.24, 2.45) is 11.7 Å². The van der Waals surface area contributed by atoms with Gasteiger partial charge in [0.1, 0.15) is 0 Å². The Morgan fingerprint density at radius 3 is 1.50 bits per heavy atom. The van der Waals surface area contributed by atoms with Crippen LogP contribution in [0.1, 0.15) is 13.8 Å². The second kappa shape index (κ2) is 9.50. The normalized spacial score (nSPS) is 22.5. The van der Waals surface area contributed by atoms with Crippen LogP contribution in [0, 0.1) is 69.6 Å². The smallest absolute Gasteiger partial charge is 0.327 e. The van der Waals surface area contributed by atoms with E-state index in [0.717, 1.165) is 0 Å². The van der Waals surface area contributed by atoms with E-state index in [-0.39, 0.29) is 23.1 Å². The summed E-state index contributed by atoms with van der Waals surface area (Å²) in [4.78, 5) is 0. The largest absolute Gasteiger partial charge is 2.00 e. The first-order valence-corrected chi connectivity index (χ1v) is 5.35. The molecule has 0 heterocycles. The summed E-state index contributed by atoms with van der Waals surface area (Å²) in [6, 6.07) is 0.204. The Balaban J connectivity index is 0.000000318. The van der Waals surface area contributed by atoms with E-state index in [1.165, 1.54) is 5.92 Å². The fourth-order valence-corrected chi connectivity index (χ4v) is 1.32. The van der Waals surface area contributed by atoms with Crippen LogP contribution in [0.2, 0.25) is 0 Å². The van der Waals surface area contributed by atoms with Crippen molar-refractivity contribution in [2.75, 3.05) is 0 Å². The third kappa shape index (κ3) is 6.27. The third-order valence-electron chi connectivity index (χ3n) is 2.35. The van der Waals surface area contributed by atoms with Crippen molar-refractivity contribution in [1.82, 2.24) is 0 Å². The SMILES string of the molecule is CC(C)[C@H](N)[C]1[CH][CH][CH][CH]1.[CH]1[CH][CH][CH][CH]1.[Fe+2]. The number of rotatable bonds is 2. The van der Waals surface area contributed by atoms with E-state index in [1.54, 1.807) is 0 Å². The maximum Gasteiger partial charge on any atom is 2.00 e. The summed E-state index contributed by atoms with van der Waals surface area (Å²) in [5, 5.41) is 0. The molecular weight excluding hydrogens is 238 g/mol. The van der Waals surface area contributed by atoms with Gasteiger partial charge in [-0.1, -0.05) is 13.8 Å². The van der Waals surface area contributed by atoms with Crippen molar-refractivity contribution in [3.05, 3.63) is 63.7 Å². The predicted molar refractivity (Wildman–Crippen MR) is 64.8 cm³/mol. The molecule has 0 aliphatic heterocycles. The summed E-state index contributed by atoms with van der Waals surface area (Å²) in [5.74, 6) is 1.78. The molecule has 0 spiro atoms. The van der Waals surface area contributed by atoms with Crippen molar-refractivity contribution < 1.29 is 17.1 Å². The zero-order valence-electron chi connectivity index (χ0n) is 9.78. The summed E-state index contributed by atoms with van der Waals surface area (Å²) in [5.41, 5.74) is 5.88. The molecule has 1 atom stereocenters. The monoisotopic (exact) mass is 257 g/mol. The van der Waals surface area contributed by atoms with Gasteiger partial charge in [-0.25, -0.2) is 0 Å². The number of nitrogens with two attached hydrogens (primary N) is 1.